The van der Waals surface area contributed by atoms with E-state index in [4.69, 9.17) is 0 Å². The van der Waals surface area contributed by atoms with E-state index in [0.29, 0.717) is 0 Å². The van der Waals surface area contributed by atoms with E-state index in [0.717, 1.165) is 32.1 Å². The summed E-state index contributed by atoms with van der Waals surface area (Å²) in [7, 11) is 0. The van der Waals surface area contributed by atoms with Crippen molar-refractivity contribution in [3.05, 3.63) is 0 Å². The number of aliphatic carboxylic acids is 1. The number of rotatable bonds is 3. The van der Waals surface area contributed by atoms with E-state index in [1.807, 2.05) is 0 Å². The van der Waals surface area contributed by atoms with Gasteiger partial charge in [0.1, 0.15) is 5.54 Å². The molecule has 0 aliphatic heterocycles. The minimum absolute atomic E-state index is 0.0724. The average Bonchev–Trinajstić information content (AvgIpc) is 2.39. The second-order valence-corrected chi connectivity index (χ2v) is 6.18. The number of carboxylic acid groups (broad SMARTS) is 1. The van der Waals surface area contributed by atoms with Crippen LogP contribution < -0.4 is 5.32 Å². The summed E-state index contributed by atoms with van der Waals surface area (Å²) >= 11 is 0. The van der Waals surface area contributed by atoms with E-state index < -0.39 is 23.6 Å². The number of hydrogen-bond acceptors (Lipinski definition) is 2. The second kappa shape index (κ2) is 5.92. The SMILES string of the molecule is O=C(O)C1(NC2CCCCC2)CCC(C(F)(F)F)CC1. The molecule has 20 heavy (non-hydrogen) atoms. The zero-order valence-electron chi connectivity index (χ0n) is 11.5. The van der Waals surface area contributed by atoms with Crippen molar-refractivity contribution in [1.29, 1.82) is 0 Å². The van der Waals surface area contributed by atoms with Crippen LogP contribution in [0.2, 0.25) is 0 Å². The molecule has 2 fully saturated rings. The third-order valence-electron chi connectivity index (χ3n) is 4.80. The van der Waals surface area contributed by atoms with Crippen LogP contribution in [0, 0.1) is 5.92 Å². The van der Waals surface area contributed by atoms with Crippen molar-refractivity contribution in [3.63, 3.8) is 0 Å². The zero-order valence-corrected chi connectivity index (χ0v) is 11.5. The maximum Gasteiger partial charge on any atom is 0.391 e. The van der Waals surface area contributed by atoms with Crippen molar-refractivity contribution in [3.8, 4) is 0 Å². The van der Waals surface area contributed by atoms with Crippen molar-refractivity contribution < 1.29 is 23.1 Å². The van der Waals surface area contributed by atoms with Crippen molar-refractivity contribution in [2.24, 2.45) is 5.92 Å². The molecule has 0 saturated heterocycles. The van der Waals surface area contributed by atoms with Gasteiger partial charge in [-0.05, 0) is 38.5 Å². The van der Waals surface area contributed by atoms with Crippen molar-refractivity contribution in [2.75, 3.05) is 0 Å². The van der Waals surface area contributed by atoms with Crippen molar-refractivity contribution in [2.45, 2.75) is 75.5 Å². The summed E-state index contributed by atoms with van der Waals surface area (Å²) < 4.78 is 38.1. The molecule has 2 aliphatic rings. The number of halogens is 3. The molecular weight excluding hydrogens is 271 g/mol. The lowest BCUT2D eigenvalue weighted by Crippen LogP contribution is -2.58. The first kappa shape index (κ1) is 15.6. The highest BCUT2D eigenvalue weighted by Gasteiger charge is 2.49. The Morgan fingerprint density at radius 3 is 2.05 bits per heavy atom. The summed E-state index contributed by atoms with van der Waals surface area (Å²) in [6, 6.07) is 0.141. The summed E-state index contributed by atoms with van der Waals surface area (Å²) in [4.78, 5) is 11.6. The summed E-state index contributed by atoms with van der Waals surface area (Å²) in [6.45, 7) is 0. The Morgan fingerprint density at radius 1 is 1.05 bits per heavy atom. The van der Waals surface area contributed by atoms with Gasteiger partial charge in [-0.2, -0.15) is 13.2 Å². The summed E-state index contributed by atoms with van der Waals surface area (Å²) in [5.41, 5.74) is -1.15. The van der Waals surface area contributed by atoms with Crippen LogP contribution in [0.3, 0.4) is 0 Å². The number of carbonyl (C=O) groups is 1. The van der Waals surface area contributed by atoms with E-state index in [1.54, 1.807) is 0 Å². The molecule has 116 valence electrons. The fourth-order valence-electron chi connectivity index (χ4n) is 3.50. The number of alkyl halides is 3. The number of nitrogens with one attached hydrogen (secondary N) is 1. The summed E-state index contributed by atoms with van der Waals surface area (Å²) in [5.74, 6) is -2.34. The van der Waals surface area contributed by atoms with Gasteiger partial charge < -0.3 is 5.11 Å². The Morgan fingerprint density at radius 2 is 1.60 bits per heavy atom. The lowest BCUT2D eigenvalue weighted by molar-refractivity contribution is -0.188. The summed E-state index contributed by atoms with van der Waals surface area (Å²) in [5, 5.41) is 12.6. The Bertz CT molecular complexity index is 343. The Balaban J connectivity index is 1.99. The standard InChI is InChI=1S/C14H22F3NO2/c15-14(16,17)10-6-8-13(9-7-10,12(19)20)18-11-4-2-1-3-5-11/h10-11,18H,1-9H2,(H,19,20). The maximum atomic E-state index is 12.7. The second-order valence-electron chi connectivity index (χ2n) is 6.18. The smallest absolute Gasteiger partial charge is 0.391 e. The molecule has 0 atom stereocenters. The van der Waals surface area contributed by atoms with Gasteiger partial charge >= 0.3 is 12.1 Å². The van der Waals surface area contributed by atoms with E-state index in [9.17, 15) is 23.1 Å². The lowest BCUT2D eigenvalue weighted by Gasteiger charge is -2.41. The lowest BCUT2D eigenvalue weighted by atomic mass is 9.75. The minimum atomic E-state index is -4.20. The van der Waals surface area contributed by atoms with Crippen LogP contribution in [0.4, 0.5) is 13.2 Å². The van der Waals surface area contributed by atoms with Gasteiger partial charge in [0, 0.05) is 6.04 Å². The van der Waals surface area contributed by atoms with Crippen molar-refractivity contribution in [1.82, 2.24) is 5.32 Å². The van der Waals surface area contributed by atoms with Crippen LogP contribution in [0.15, 0.2) is 0 Å². The third-order valence-corrected chi connectivity index (χ3v) is 4.80. The van der Waals surface area contributed by atoms with Crippen LogP contribution in [-0.4, -0.2) is 28.8 Å². The topological polar surface area (TPSA) is 49.3 Å². The quantitative estimate of drug-likeness (QED) is 0.837. The molecule has 0 spiro atoms. The average molecular weight is 293 g/mol. The summed E-state index contributed by atoms with van der Waals surface area (Å²) in [6.07, 6.45) is 0.924. The molecule has 0 aromatic carbocycles. The Labute approximate surface area is 116 Å². The Kier molecular flexibility index (Phi) is 4.62. The monoisotopic (exact) mass is 293 g/mol. The maximum absolute atomic E-state index is 12.7. The van der Waals surface area contributed by atoms with Crippen LogP contribution >= 0.6 is 0 Å². The van der Waals surface area contributed by atoms with Crippen LogP contribution in [-0.2, 0) is 4.79 Å². The normalized spacial score (nSPS) is 33.0. The molecular formula is C14H22F3NO2. The predicted molar refractivity (Wildman–Crippen MR) is 68.4 cm³/mol. The molecule has 0 heterocycles. The van der Waals surface area contributed by atoms with Gasteiger partial charge in [0.25, 0.3) is 0 Å². The van der Waals surface area contributed by atoms with Crippen molar-refractivity contribution >= 4 is 5.97 Å². The van der Waals surface area contributed by atoms with Crippen LogP contribution in [0.25, 0.3) is 0 Å². The van der Waals surface area contributed by atoms with Gasteiger partial charge in [0.05, 0.1) is 5.92 Å². The third kappa shape index (κ3) is 3.45. The van der Waals surface area contributed by atoms with Crippen LogP contribution in [0.5, 0.6) is 0 Å². The fourth-order valence-corrected chi connectivity index (χ4v) is 3.50. The minimum Gasteiger partial charge on any atom is -0.480 e. The number of hydrogen-bond donors (Lipinski definition) is 2. The first-order valence-electron chi connectivity index (χ1n) is 7.41. The first-order valence-corrected chi connectivity index (χ1v) is 7.41. The van der Waals surface area contributed by atoms with E-state index in [2.05, 4.69) is 5.32 Å². The molecule has 0 radical (unpaired) electrons. The van der Waals surface area contributed by atoms with Gasteiger partial charge in [-0.3, -0.25) is 10.1 Å². The molecule has 2 aliphatic carbocycles. The molecule has 0 bridgehead atoms. The van der Waals surface area contributed by atoms with Gasteiger partial charge in [0.2, 0.25) is 0 Å². The molecule has 0 aromatic heterocycles. The van der Waals surface area contributed by atoms with E-state index in [1.165, 1.54) is 0 Å². The highest BCUT2D eigenvalue weighted by Crippen LogP contribution is 2.41. The zero-order chi connectivity index (χ0) is 14.8. The molecule has 0 aromatic rings. The van der Waals surface area contributed by atoms with E-state index >= 15 is 0 Å². The highest BCUT2D eigenvalue weighted by atomic mass is 19.4. The van der Waals surface area contributed by atoms with Gasteiger partial charge in [-0.25, -0.2) is 0 Å². The molecule has 0 amide bonds. The van der Waals surface area contributed by atoms with Gasteiger partial charge in [-0.1, -0.05) is 19.3 Å². The van der Waals surface area contributed by atoms with Crippen LogP contribution in [0.1, 0.15) is 57.8 Å². The van der Waals surface area contributed by atoms with Gasteiger partial charge in [-0.15, -0.1) is 0 Å². The molecule has 2 rings (SSSR count). The largest absolute Gasteiger partial charge is 0.480 e. The first-order chi connectivity index (χ1) is 9.33. The molecule has 6 heteroatoms. The highest BCUT2D eigenvalue weighted by molar-refractivity contribution is 5.79. The molecule has 0 unspecified atom stereocenters. The number of carboxylic acids is 1. The molecule has 3 nitrogen and oxygen atoms in total. The van der Waals surface area contributed by atoms with Gasteiger partial charge in [0.15, 0.2) is 0 Å². The fraction of sp³-hybridized carbons (Fsp3) is 0.929. The van der Waals surface area contributed by atoms with E-state index in [-0.39, 0.29) is 31.7 Å². The Hall–Kier alpha value is -0.780. The predicted octanol–water partition coefficient (Wildman–Crippen LogP) is 3.48. The molecule has 2 N–H and O–H groups in total. The molecule has 2 saturated carbocycles.